The van der Waals surface area contributed by atoms with Gasteiger partial charge in [0.15, 0.2) is 6.10 Å². The number of phosphoric ester groups is 1. The number of esters is 2. The number of nitrogens with two attached hydrogens (primary N) is 1. The number of carbonyl (C=O) groups excluding carboxylic acids is 2. The van der Waals surface area contributed by atoms with Crippen LogP contribution in [-0.4, -0.2) is 59.9 Å². The molecule has 0 fully saturated rings. The molecule has 4 N–H and O–H groups in total. The Bertz CT molecular complexity index is 1210. The standard InChI is InChI=1S/C54H102NO10P/c1-3-5-7-9-11-13-15-17-19-21-23-24-25-26-27-28-30-31-33-35-37-39-41-43-45-52(56)62-47-50(48-63-66(60,61)64-49-51(55)54(58)59)65-53(57)46-44-42-40-38-36-34-32-29-22-20-18-16-14-12-10-8-6-4-2/h14,16,20,22,50-51H,3-13,15,17-19,21,23-49,55H2,1-2H3,(H,58,59)(H,60,61)/b16-14-,22-20-. The fourth-order valence-corrected chi connectivity index (χ4v) is 8.70. The van der Waals surface area contributed by atoms with Crippen molar-refractivity contribution >= 4 is 25.7 Å². The second-order valence-corrected chi connectivity index (χ2v) is 20.2. The number of carboxylic acids is 1. The zero-order valence-electron chi connectivity index (χ0n) is 42.6. The molecule has 11 nitrogen and oxygen atoms in total. The maximum absolute atomic E-state index is 12.7. The van der Waals surface area contributed by atoms with Gasteiger partial charge < -0.3 is 25.2 Å². The van der Waals surface area contributed by atoms with Gasteiger partial charge in [-0.05, 0) is 44.9 Å². The Morgan fingerprint density at radius 1 is 0.470 bits per heavy atom. The number of aliphatic carboxylic acids is 1. The lowest BCUT2D eigenvalue weighted by molar-refractivity contribution is -0.161. The molecule has 0 heterocycles. The lowest BCUT2D eigenvalue weighted by Crippen LogP contribution is -2.34. The van der Waals surface area contributed by atoms with E-state index in [1.807, 2.05) is 0 Å². The number of rotatable bonds is 52. The third-order valence-electron chi connectivity index (χ3n) is 12.2. The Hall–Kier alpha value is -2.04. The van der Waals surface area contributed by atoms with Crippen LogP contribution in [0.15, 0.2) is 24.3 Å². The second-order valence-electron chi connectivity index (χ2n) is 18.7. The summed E-state index contributed by atoms with van der Waals surface area (Å²) in [7, 11) is -4.72. The number of unbranched alkanes of at least 4 members (excludes halogenated alkanes) is 34. The van der Waals surface area contributed by atoms with E-state index in [1.165, 1.54) is 173 Å². The number of phosphoric acid groups is 1. The third-order valence-corrected chi connectivity index (χ3v) is 13.2. The number of hydrogen-bond acceptors (Lipinski definition) is 9. The van der Waals surface area contributed by atoms with Crippen molar-refractivity contribution in [2.24, 2.45) is 5.73 Å². The normalized spacial score (nSPS) is 13.6. The molecule has 0 aliphatic heterocycles. The molecule has 66 heavy (non-hydrogen) atoms. The molecule has 0 rings (SSSR count). The minimum Gasteiger partial charge on any atom is -0.480 e. The van der Waals surface area contributed by atoms with Crippen LogP contribution in [0.25, 0.3) is 0 Å². The van der Waals surface area contributed by atoms with E-state index in [4.69, 9.17) is 29.4 Å². The van der Waals surface area contributed by atoms with Crippen molar-refractivity contribution in [1.29, 1.82) is 0 Å². The first kappa shape index (κ1) is 64.0. The zero-order chi connectivity index (χ0) is 48.4. The van der Waals surface area contributed by atoms with Gasteiger partial charge in [0.05, 0.1) is 13.2 Å². The molecular formula is C54H102NO10P. The quantitative estimate of drug-likeness (QED) is 0.0229. The van der Waals surface area contributed by atoms with Crippen LogP contribution in [0.3, 0.4) is 0 Å². The van der Waals surface area contributed by atoms with Crippen molar-refractivity contribution in [3.63, 3.8) is 0 Å². The molecule has 12 heteroatoms. The van der Waals surface area contributed by atoms with Gasteiger partial charge >= 0.3 is 25.7 Å². The lowest BCUT2D eigenvalue weighted by Gasteiger charge is -2.20. The molecule has 0 radical (unpaired) electrons. The van der Waals surface area contributed by atoms with Crippen LogP contribution < -0.4 is 5.73 Å². The maximum Gasteiger partial charge on any atom is 0.472 e. The van der Waals surface area contributed by atoms with E-state index >= 15 is 0 Å². The Kier molecular flexibility index (Phi) is 47.9. The van der Waals surface area contributed by atoms with Gasteiger partial charge in [-0.2, -0.15) is 0 Å². The number of ether oxygens (including phenoxy) is 2. The van der Waals surface area contributed by atoms with Gasteiger partial charge in [0.25, 0.3) is 0 Å². The first-order chi connectivity index (χ1) is 32.1. The molecule has 388 valence electrons. The van der Waals surface area contributed by atoms with E-state index in [9.17, 15) is 23.8 Å². The molecule has 0 spiro atoms. The number of allylic oxidation sites excluding steroid dienone is 4. The van der Waals surface area contributed by atoms with Crippen LogP contribution >= 0.6 is 7.82 Å². The van der Waals surface area contributed by atoms with Crippen LogP contribution in [-0.2, 0) is 37.5 Å². The van der Waals surface area contributed by atoms with Crippen LogP contribution in [0.2, 0.25) is 0 Å². The number of hydrogen-bond donors (Lipinski definition) is 3. The Labute approximate surface area is 404 Å². The number of carbonyl (C=O) groups is 3. The van der Waals surface area contributed by atoms with Crippen molar-refractivity contribution in [3.05, 3.63) is 24.3 Å². The minimum atomic E-state index is -4.72. The first-order valence-electron chi connectivity index (χ1n) is 27.4. The number of carboxylic acid groups (broad SMARTS) is 1. The molecule has 0 aromatic carbocycles. The average Bonchev–Trinajstić information content (AvgIpc) is 3.30. The SMILES string of the molecule is CCCCCC/C=C\C/C=C\CCCCCCCCCC(=O)OC(COC(=O)CCCCCCCCCCCCCCCCCCCCCCCCCC)COP(=O)(O)OCC(N)C(=O)O. The van der Waals surface area contributed by atoms with Gasteiger partial charge in [0.2, 0.25) is 0 Å². The molecule has 0 saturated heterocycles. The highest BCUT2D eigenvalue weighted by molar-refractivity contribution is 7.47. The summed E-state index contributed by atoms with van der Waals surface area (Å²) in [6, 6.07) is -1.52. The van der Waals surface area contributed by atoms with E-state index in [-0.39, 0.29) is 19.4 Å². The monoisotopic (exact) mass is 956 g/mol. The first-order valence-corrected chi connectivity index (χ1v) is 28.9. The average molecular weight is 956 g/mol. The molecule has 0 saturated carbocycles. The van der Waals surface area contributed by atoms with Gasteiger partial charge in [0.1, 0.15) is 12.6 Å². The van der Waals surface area contributed by atoms with E-state index in [1.54, 1.807) is 0 Å². The minimum absolute atomic E-state index is 0.155. The molecule has 0 aromatic rings. The summed E-state index contributed by atoms with van der Waals surface area (Å²) in [6.45, 7) is 2.84. The molecule has 3 unspecified atom stereocenters. The molecule has 0 aliphatic carbocycles. The van der Waals surface area contributed by atoms with E-state index in [2.05, 4.69) is 38.2 Å². The Balaban J connectivity index is 4.15. The van der Waals surface area contributed by atoms with Crippen LogP contribution in [0.5, 0.6) is 0 Å². The molecule has 3 atom stereocenters. The van der Waals surface area contributed by atoms with Crippen molar-refractivity contribution in [3.8, 4) is 0 Å². The maximum atomic E-state index is 12.7. The summed E-state index contributed by atoms with van der Waals surface area (Å²) in [6.07, 6.45) is 55.3. The van der Waals surface area contributed by atoms with Crippen molar-refractivity contribution in [2.75, 3.05) is 19.8 Å². The van der Waals surface area contributed by atoms with Crippen LogP contribution in [0.1, 0.15) is 271 Å². The fraction of sp³-hybridized carbons (Fsp3) is 0.870. The van der Waals surface area contributed by atoms with E-state index < -0.39 is 51.1 Å². The topological polar surface area (TPSA) is 172 Å². The van der Waals surface area contributed by atoms with Crippen molar-refractivity contribution < 1.29 is 47.5 Å². The third kappa shape index (κ3) is 48.4. The summed E-state index contributed by atoms with van der Waals surface area (Å²) in [5, 5.41) is 8.93. The van der Waals surface area contributed by atoms with Gasteiger partial charge in [-0.15, -0.1) is 0 Å². The fourth-order valence-electron chi connectivity index (χ4n) is 7.92. The lowest BCUT2D eigenvalue weighted by atomic mass is 10.0. The summed E-state index contributed by atoms with van der Waals surface area (Å²) in [5.74, 6) is -2.37. The zero-order valence-corrected chi connectivity index (χ0v) is 43.4. The predicted molar refractivity (Wildman–Crippen MR) is 272 cm³/mol. The molecule has 0 amide bonds. The summed E-state index contributed by atoms with van der Waals surface area (Å²) < 4.78 is 32.9. The van der Waals surface area contributed by atoms with Crippen LogP contribution in [0.4, 0.5) is 0 Å². The van der Waals surface area contributed by atoms with Crippen molar-refractivity contribution in [1.82, 2.24) is 0 Å². The Morgan fingerprint density at radius 2 is 0.803 bits per heavy atom. The highest BCUT2D eigenvalue weighted by atomic mass is 31.2. The molecule has 0 aromatic heterocycles. The van der Waals surface area contributed by atoms with Gasteiger partial charge in [0, 0.05) is 12.8 Å². The van der Waals surface area contributed by atoms with Gasteiger partial charge in [-0.25, -0.2) is 4.57 Å². The Morgan fingerprint density at radius 3 is 1.20 bits per heavy atom. The second kappa shape index (κ2) is 49.4. The molecule has 0 bridgehead atoms. The largest absolute Gasteiger partial charge is 0.480 e. The van der Waals surface area contributed by atoms with E-state index in [0.717, 1.165) is 57.8 Å². The highest BCUT2D eigenvalue weighted by Gasteiger charge is 2.28. The summed E-state index contributed by atoms with van der Waals surface area (Å²) >= 11 is 0. The van der Waals surface area contributed by atoms with Gasteiger partial charge in [-0.1, -0.05) is 237 Å². The smallest absolute Gasteiger partial charge is 0.472 e. The summed E-state index contributed by atoms with van der Waals surface area (Å²) in [5.41, 5.74) is 5.36. The predicted octanol–water partition coefficient (Wildman–Crippen LogP) is 15.7. The molecular weight excluding hydrogens is 854 g/mol. The van der Waals surface area contributed by atoms with E-state index in [0.29, 0.717) is 12.8 Å². The van der Waals surface area contributed by atoms with Crippen molar-refractivity contribution in [2.45, 2.75) is 283 Å². The summed E-state index contributed by atoms with van der Waals surface area (Å²) in [4.78, 5) is 46.2. The molecule has 0 aliphatic rings. The van der Waals surface area contributed by atoms with Crippen LogP contribution in [0, 0.1) is 0 Å². The van der Waals surface area contributed by atoms with Gasteiger partial charge in [-0.3, -0.25) is 23.4 Å². The highest BCUT2D eigenvalue weighted by Crippen LogP contribution is 2.43.